The van der Waals surface area contributed by atoms with Crippen molar-refractivity contribution in [1.82, 2.24) is 0 Å². The quantitative estimate of drug-likeness (QED) is 0.435. The van der Waals surface area contributed by atoms with Crippen LogP contribution in [-0.4, -0.2) is 34.1 Å². The molecule has 0 aliphatic rings. The van der Waals surface area contributed by atoms with Crippen molar-refractivity contribution in [2.45, 2.75) is 98.5 Å². The third-order valence-corrected chi connectivity index (χ3v) is 5.17. The third kappa shape index (κ3) is 11.1. The molecule has 3 N–H and O–H groups in total. The first kappa shape index (κ1) is 22.9. The van der Waals surface area contributed by atoms with E-state index in [9.17, 15) is 15.3 Å². The molecule has 0 heterocycles. The molecule has 3 heteroatoms. The molecule has 0 bridgehead atoms. The molecular weight excluding hydrogens is 288 g/mol. The van der Waals surface area contributed by atoms with Gasteiger partial charge in [-0.3, -0.25) is 0 Å². The maximum Gasteiger partial charge on any atom is 0.0619 e. The van der Waals surface area contributed by atoms with Crippen molar-refractivity contribution in [3.8, 4) is 0 Å². The van der Waals surface area contributed by atoms with Gasteiger partial charge >= 0.3 is 0 Å². The summed E-state index contributed by atoms with van der Waals surface area (Å²) in [5.74, 6) is 0.331. The minimum Gasteiger partial charge on any atom is -0.396 e. The normalized spacial score (nSPS) is 13.8. The van der Waals surface area contributed by atoms with Crippen LogP contribution in [-0.2, 0) is 0 Å². The lowest BCUT2D eigenvalue weighted by Crippen LogP contribution is -2.31. The number of hydrogen-bond donors (Lipinski definition) is 3. The number of hydrogen-bond acceptors (Lipinski definition) is 3. The van der Waals surface area contributed by atoms with Crippen LogP contribution in [0, 0.1) is 16.7 Å². The highest BCUT2D eigenvalue weighted by molar-refractivity contribution is 4.78. The predicted octanol–water partition coefficient (Wildman–Crippen LogP) is 4.53. The molecule has 0 unspecified atom stereocenters. The molecule has 0 rings (SSSR count). The molecule has 0 aliphatic heterocycles. The molecule has 0 atom stereocenters. The van der Waals surface area contributed by atoms with Crippen molar-refractivity contribution in [2.75, 3.05) is 13.2 Å². The molecular formula is C20H42O3. The zero-order valence-electron chi connectivity index (χ0n) is 16.5. The monoisotopic (exact) mass is 330 g/mol. The van der Waals surface area contributed by atoms with Crippen LogP contribution >= 0.6 is 0 Å². The highest BCUT2D eigenvalue weighted by Gasteiger charge is 2.26. The Labute approximate surface area is 144 Å². The summed E-state index contributed by atoms with van der Waals surface area (Å²) in [4.78, 5) is 0. The molecule has 0 aliphatic carbocycles. The van der Waals surface area contributed by atoms with Gasteiger partial charge in [-0.05, 0) is 56.3 Å². The lowest BCUT2D eigenvalue weighted by Gasteiger charge is -2.30. The first-order valence-corrected chi connectivity index (χ1v) is 9.38. The summed E-state index contributed by atoms with van der Waals surface area (Å²) in [7, 11) is 0. The van der Waals surface area contributed by atoms with Gasteiger partial charge in [-0.1, -0.05) is 53.4 Å². The molecule has 0 spiro atoms. The van der Waals surface area contributed by atoms with Crippen LogP contribution < -0.4 is 0 Å². The van der Waals surface area contributed by atoms with Crippen LogP contribution in [0.15, 0.2) is 0 Å². The molecule has 0 saturated heterocycles. The standard InChI is InChI=1S/C20H42O3/c1-18(2,15-21)13-9-7-11-17(20(5,6)23)12-8-10-14-19(3,4)16-22/h17,21-23H,7-16H2,1-6H3. The highest BCUT2D eigenvalue weighted by Crippen LogP contribution is 2.31. The first-order chi connectivity index (χ1) is 10.4. The van der Waals surface area contributed by atoms with E-state index in [0.29, 0.717) is 5.92 Å². The minimum atomic E-state index is -0.626. The van der Waals surface area contributed by atoms with Crippen LogP contribution in [0.3, 0.4) is 0 Å². The van der Waals surface area contributed by atoms with Gasteiger partial charge in [0.15, 0.2) is 0 Å². The summed E-state index contributed by atoms with van der Waals surface area (Å²) >= 11 is 0. The fraction of sp³-hybridized carbons (Fsp3) is 1.00. The van der Waals surface area contributed by atoms with Crippen LogP contribution in [0.4, 0.5) is 0 Å². The molecule has 0 amide bonds. The van der Waals surface area contributed by atoms with Crippen LogP contribution in [0.25, 0.3) is 0 Å². The molecule has 0 saturated carbocycles. The Hall–Kier alpha value is -0.120. The Balaban J connectivity index is 4.14. The molecule has 0 aromatic rings. The second-order valence-electron chi connectivity index (χ2n) is 9.49. The molecule has 0 fully saturated rings. The average molecular weight is 331 g/mol. The van der Waals surface area contributed by atoms with Gasteiger partial charge < -0.3 is 15.3 Å². The van der Waals surface area contributed by atoms with Gasteiger partial charge in [0.25, 0.3) is 0 Å². The van der Waals surface area contributed by atoms with E-state index in [1.165, 1.54) is 0 Å². The van der Waals surface area contributed by atoms with Crippen molar-refractivity contribution in [2.24, 2.45) is 16.7 Å². The van der Waals surface area contributed by atoms with Gasteiger partial charge in [0.2, 0.25) is 0 Å². The number of unbranched alkanes of at least 4 members (excludes halogenated alkanes) is 2. The zero-order valence-corrected chi connectivity index (χ0v) is 16.5. The smallest absolute Gasteiger partial charge is 0.0619 e. The van der Waals surface area contributed by atoms with Gasteiger partial charge in [-0.25, -0.2) is 0 Å². The van der Waals surface area contributed by atoms with Crippen LogP contribution in [0.2, 0.25) is 0 Å². The van der Waals surface area contributed by atoms with Gasteiger partial charge in [-0.15, -0.1) is 0 Å². The van der Waals surface area contributed by atoms with Crippen molar-refractivity contribution < 1.29 is 15.3 Å². The summed E-state index contributed by atoms with van der Waals surface area (Å²) < 4.78 is 0. The van der Waals surface area contributed by atoms with Gasteiger partial charge in [0.1, 0.15) is 0 Å². The van der Waals surface area contributed by atoms with E-state index in [0.717, 1.165) is 51.4 Å². The first-order valence-electron chi connectivity index (χ1n) is 9.38. The maximum absolute atomic E-state index is 10.4. The van der Waals surface area contributed by atoms with E-state index >= 15 is 0 Å². The van der Waals surface area contributed by atoms with Crippen molar-refractivity contribution in [3.63, 3.8) is 0 Å². The largest absolute Gasteiger partial charge is 0.396 e. The van der Waals surface area contributed by atoms with E-state index in [-0.39, 0.29) is 24.0 Å². The van der Waals surface area contributed by atoms with Gasteiger partial charge in [-0.2, -0.15) is 0 Å². The second kappa shape index (κ2) is 10.0. The Morgan fingerprint density at radius 2 is 1.00 bits per heavy atom. The molecule has 140 valence electrons. The lowest BCUT2D eigenvalue weighted by atomic mass is 9.80. The SMILES string of the molecule is CC(C)(CO)CCCCC(CCCCC(C)(C)CO)C(C)(C)O. The Morgan fingerprint density at radius 3 is 1.26 bits per heavy atom. The van der Waals surface area contributed by atoms with Crippen LogP contribution in [0.1, 0.15) is 92.9 Å². The molecule has 0 radical (unpaired) electrons. The van der Waals surface area contributed by atoms with Crippen LogP contribution in [0.5, 0.6) is 0 Å². The summed E-state index contributed by atoms with van der Waals surface area (Å²) in [5, 5.41) is 29.0. The van der Waals surface area contributed by atoms with Crippen molar-refractivity contribution in [3.05, 3.63) is 0 Å². The second-order valence-corrected chi connectivity index (χ2v) is 9.49. The summed E-state index contributed by atoms with van der Waals surface area (Å²) in [6, 6.07) is 0. The van der Waals surface area contributed by atoms with Gasteiger partial charge in [0, 0.05) is 13.2 Å². The molecule has 23 heavy (non-hydrogen) atoms. The van der Waals surface area contributed by atoms with Gasteiger partial charge in [0.05, 0.1) is 5.60 Å². The van der Waals surface area contributed by atoms with E-state index in [1.807, 2.05) is 13.8 Å². The molecule has 0 aromatic carbocycles. The molecule has 0 aromatic heterocycles. The van der Waals surface area contributed by atoms with Crippen molar-refractivity contribution in [1.29, 1.82) is 0 Å². The van der Waals surface area contributed by atoms with E-state index in [1.54, 1.807) is 0 Å². The number of aliphatic hydroxyl groups is 3. The Kier molecular flexibility index (Phi) is 9.95. The fourth-order valence-electron chi connectivity index (χ4n) is 3.00. The van der Waals surface area contributed by atoms with Crippen molar-refractivity contribution >= 4 is 0 Å². The summed E-state index contributed by atoms with van der Waals surface area (Å²) in [6.07, 6.45) is 8.61. The Morgan fingerprint density at radius 1 is 0.652 bits per heavy atom. The summed E-state index contributed by atoms with van der Waals surface area (Å²) in [5.41, 5.74) is -0.598. The zero-order chi connectivity index (χ0) is 18.1. The highest BCUT2D eigenvalue weighted by atomic mass is 16.3. The average Bonchev–Trinajstić information content (AvgIpc) is 2.44. The topological polar surface area (TPSA) is 60.7 Å². The van der Waals surface area contributed by atoms with E-state index in [2.05, 4.69) is 27.7 Å². The summed E-state index contributed by atoms with van der Waals surface area (Å²) in [6.45, 7) is 12.7. The maximum atomic E-state index is 10.4. The lowest BCUT2D eigenvalue weighted by molar-refractivity contribution is 0.00629. The predicted molar refractivity (Wildman–Crippen MR) is 98.5 cm³/mol. The minimum absolute atomic E-state index is 0.0140. The number of aliphatic hydroxyl groups excluding tert-OH is 2. The Bertz CT molecular complexity index is 278. The van der Waals surface area contributed by atoms with E-state index < -0.39 is 5.60 Å². The molecule has 3 nitrogen and oxygen atoms in total. The number of rotatable bonds is 13. The fourth-order valence-corrected chi connectivity index (χ4v) is 3.00. The van der Waals surface area contributed by atoms with E-state index in [4.69, 9.17) is 0 Å². The third-order valence-electron chi connectivity index (χ3n) is 5.17.